The Balaban J connectivity index is 1.58. The summed E-state index contributed by atoms with van der Waals surface area (Å²) in [5.74, 6) is 0. The third-order valence-corrected chi connectivity index (χ3v) is 14.2. The lowest BCUT2D eigenvalue weighted by molar-refractivity contribution is -0.246. The average Bonchev–Trinajstić information content (AvgIpc) is 3.08. The number of rotatable bonds is 13. The van der Waals surface area contributed by atoms with Gasteiger partial charge in [-0.25, -0.2) is 0 Å². The molecule has 5 nitrogen and oxygen atoms in total. The first-order chi connectivity index (χ1) is 22.6. The summed E-state index contributed by atoms with van der Waals surface area (Å²) in [6.45, 7) is 15.6. The van der Waals surface area contributed by atoms with E-state index in [0.717, 1.165) is 22.3 Å². The van der Waals surface area contributed by atoms with Crippen LogP contribution in [-0.4, -0.2) is 50.6 Å². The topological polar surface area (TPSA) is 57.2 Å². The maximum Gasteiger partial charge on any atom is 0.192 e. The lowest BCUT2D eigenvalue weighted by Crippen LogP contribution is -2.63. The van der Waals surface area contributed by atoms with Crippen LogP contribution in [0.25, 0.3) is 0 Å². The minimum Gasteiger partial charge on any atom is -0.408 e. The van der Waals surface area contributed by atoms with Gasteiger partial charge in [0.25, 0.3) is 0 Å². The molecule has 0 bridgehead atoms. The smallest absolute Gasteiger partial charge is 0.192 e. The van der Waals surface area contributed by atoms with Crippen LogP contribution in [0.2, 0.25) is 18.1 Å². The number of aliphatic hydroxyl groups excluding tert-OH is 1. The van der Waals surface area contributed by atoms with E-state index in [1.165, 1.54) is 0 Å². The summed E-state index contributed by atoms with van der Waals surface area (Å²) in [6, 6.07) is 41.1. The molecule has 47 heavy (non-hydrogen) atoms. The fourth-order valence-electron chi connectivity index (χ4n) is 6.09. The molecule has 0 unspecified atom stereocenters. The maximum atomic E-state index is 11.8. The second kappa shape index (κ2) is 15.2. The molecule has 0 spiro atoms. The van der Waals surface area contributed by atoms with Crippen molar-refractivity contribution in [1.82, 2.24) is 0 Å². The highest BCUT2D eigenvalue weighted by Crippen LogP contribution is 2.43. The molecule has 248 valence electrons. The van der Waals surface area contributed by atoms with Gasteiger partial charge in [-0.1, -0.05) is 148 Å². The van der Waals surface area contributed by atoms with Gasteiger partial charge in [0.05, 0.1) is 19.3 Å². The predicted molar refractivity (Wildman–Crippen MR) is 192 cm³/mol. The largest absolute Gasteiger partial charge is 0.408 e. The Morgan fingerprint density at radius 2 is 1.19 bits per heavy atom. The quantitative estimate of drug-likeness (QED) is 0.0892. The second-order valence-corrected chi connectivity index (χ2v) is 18.7. The molecule has 0 aliphatic carbocycles. The molecule has 0 amide bonds. The molecule has 4 aromatic carbocycles. The van der Waals surface area contributed by atoms with Gasteiger partial charge in [0.15, 0.2) is 8.32 Å². The van der Waals surface area contributed by atoms with Crippen LogP contribution in [0.15, 0.2) is 134 Å². The Labute approximate surface area is 282 Å². The molecule has 1 heterocycles. The highest BCUT2D eigenvalue weighted by atomic mass is 28.4. The molecule has 0 saturated carbocycles. The highest BCUT2D eigenvalue weighted by Gasteiger charge is 2.51. The van der Waals surface area contributed by atoms with Crippen LogP contribution in [0.1, 0.15) is 49.4 Å². The molecular weight excluding hydrogens is 601 g/mol. The minimum absolute atomic E-state index is 0.0762. The zero-order valence-electron chi connectivity index (χ0n) is 28.4. The third-order valence-electron chi connectivity index (χ3n) is 9.68. The molecule has 0 aromatic heterocycles. The lowest BCUT2D eigenvalue weighted by atomic mass is 9.80. The van der Waals surface area contributed by atoms with E-state index in [0.29, 0.717) is 13.0 Å². The summed E-state index contributed by atoms with van der Waals surface area (Å²) in [4.78, 5) is 0. The van der Waals surface area contributed by atoms with E-state index in [4.69, 9.17) is 18.6 Å². The second-order valence-electron chi connectivity index (χ2n) is 13.9. The van der Waals surface area contributed by atoms with E-state index in [-0.39, 0.29) is 11.6 Å². The Kier molecular flexibility index (Phi) is 11.3. The zero-order valence-corrected chi connectivity index (χ0v) is 29.4. The van der Waals surface area contributed by atoms with E-state index >= 15 is 0 Å². The van der Waals surface area contributed by atoms with Crippen molar-refractivity contribution in [3.8, 4) is 0 Å². The lowest BCUT2D eigenvalue weighted by Gasteiger charge is -2.49. The Morgan fingerprint density at radius 3 is 1.64 bits per heavy atom. The summed E-state index contributed by atoms with van der Waals surface area (Å²) in [6.07, 6.45) is -0.931. The molecule has 1 saturated heterocycles. The van der Waals surface area contributed by atoms with Gasteiger partial charge in [0, 0.05) is 0 Å². The van der Waals surface area contributed by atoms with Gasteiger partial charge < -0.3 is 23.7 Å². The summed E-state index contributed by atoms with van der Waals surface area (Å²) in [5.41, 5.74) is 3.12. The normalized spacial score (nSPS) is 22.1. The summed E-state index contributed by atoms with van der Waals surface area (Å²) in [5, 5.41) is 11.7. The molecule has 5 atom stereocenters. The van der Waals surface area contributed by atoms with E-state index in [1.807, 2.05) is 84.9 Å². The first-order valence-electron chi connectivity index (χ1n) is 16.6. The summed E-state index contributed by atoms with van der Waals surface area (Å²) < 4.78 is 27.8. The SMILES string of the molecule is C=CC[C@@H]1O[C@H](COC(c2ccccc2)(c2ccccc2)c2ccccc2)[C@@H](O[Si](C)(C)C(C)(C)C)[C@H](OCc2ccccc2)[C@H]1O. The van der Waals surface area contributed by atoms with E-state index < -0.39 is 44.4 Å². The third kappa shape index (κ3) is 7.86. The van der Waals surface area contributed by atoms with Gasteiger partial charge in [0.2, 0.25) is 0 Å². The van der Waals surface area contributed by atoms with Crippen molar-refractivity contribution in [2.75, 3.05) is 6.61 Å². The van der Waals surface area contributed by atoms with Crippen molar-refractivity contribution < 1.29 is 23.7 Å². The van der Waals surface area contributed by atoms with Crippen LogP contribution in [0, 0.1) is 0 Å². The van der Waals surface area contributed by atoms with Gasteiger partial charge in [-0.2, -0.15) is 0 Å². The van der Waals surface area contributed by atoms with Crippen LogP contribution in [0.3, 0.4) is 0 Å². The Morgan fingerprint density at radius 1 is 0.723 bits per heavy atom. The molecular formula is C41H50O5Si. The average molecular weight is 651 g/mol. The van der Waals surface area contributed by atoms with Crippen molar-refractivity contribution in [2.24, 2.45) is 0 Å². The monoisotopic (exact) mass is 650 g/mol. The molecule has 5 rings (SSSR count). The van der Waals surface area contributed by atoms with Gasteiger partial charge >= 0.3 is 0 Å². The van der Waals surface area contributed by atoms with Crippen molar-refractivity contribution in [3.63, 3.8) is 0 Å². The minimum atomic E-state index is -2.37. The maximum absolute atomic E-state index is 11.8. The van der Waals surface area contributed by atoms with E-state index in [1.54, 1.807) is 6.08 Å². The van der Waals surface area contributed by atoms with Crippen LogP contribution in [-0.2, 0) is 30.8 Å². The molecule has 0 radical (unpaired) electrons. The zero-order chi connectivity index (χ0) is 33.5. The number of hydrogen-bond acceptors (Lipinski definition) is 5. The fraction of sp³-hybridized carbons (Fsp3) is 0.366. The number of aliphatic hydroxyl groups is 1. The summed E-state index contributed by atoms with van der Waals surface area (Å²) in [7, 11) is -2.37. The van der Waals surface area contributed by atoms with Crippen LogP contribution < -0.4 is 0 Å². The van der Waals surface area contributed by atoms with Crippen LogP contribution >= 0.6 is 0 Å². The number of ether oxygens (including phenoxy) is 3. The van der Waals surface area contributed by atoms with Crippen molar-refractivity contribution in [3.05, 3.63) is 156 Å². The van der Waals surface area contributed by atoms with Gasteiger partial charge in [0.1, 0.15) is 30.0 Å². The highest BCUT2D eigenvalue weighted by molar-refractivity contribution is 6.74. The first kappa shape index (κ1) is 35.0. The van der Waals surface area contributed by atoms with Crippen molar-refractivity contribution >= 4 is 8.32 Å². The molecule has 4 aromatic rings. The Bertz CT molecular complexity index is 1430. The van der Waals surface area contributed by atoms with Crippen LogP contribution in [0.4, 0.5) is 0 Å². The fourth-order valence-corrected chi connectivity index (χ4v) is 7.41. The van der Waals surface area contributed by atoms with Gasteiger partial charge in [-0.05, 0) is 46.8 Å². The van der Waals surface area contributed by atoms with Crippen molar-refractivity contribution in [1.29, 1.82) is 0 Å². The van der Waals surface area contributed by atoms with E-state index in [2.05, 4.69) is 76.8 Å². The molecule has 1 aliphatic rings. The predicted octanol–water partition coefficient (Wildman–Crippen LogP) is 8.68. The number of hydrogen-bond donors (Lipinski definition) is 1. The van der Waals surface area contributed by atoms with E-state index in [9.17, 15) is 5.11 Å². The molecule has 6 heteroatoms. The molecule has 1 aliphatic heterocycles. The number of benzene rings is 4. The molecule has 1 N–H and O–H groups in total. The molecule has 1 fully saturated rings. The van der Waals surface area contributed by atoms with Crippen molar-refractivity contribution in [2.45, 2.75) is 88.1 Å². The summed E-state index contributed by atoms with van der Waals surface area (Å²) >= 11 is 0. The Hall–Kier alpha value is -3.36. The van der Waals surface area contributed by atoms with Crippen LogP contribution in [0.5, 0.6) is 0 Å². The van der Waals surface area contributed by atoms with Gasteiger partial charge in [-0.3, -0.25) is 0 Å². The van der Waals surface area contributed by atoms with Gasteiger partial charge in [-0.15, -0.1) is 6.58 Å². The standard InChI is InChI=1S/C41H50O5Si/c1-7-20-35-37(42)39(43-29-31-21-12-8-13-22-31)38(46-47(5,6)40(2,3)4)36(45-35)30-44-41(32-23-14-9-15-24-32,33-25-16-10-17-26-33)34-27-18-11-19-28-34/h7-19,21-28,35-39,42H,1,20,29-30H2,2-6H3/t35-,36+,37-,38+,39+/m0/s1. The first-order valence-corrected chi connectivity index (χ1v) is 19.6.